The molecular weight excluding hydrogens is 609 g/mol. The Hall–Kier alpha value is -6.38. The Labute approximate surface area is 288 Å². The monoisotopic (exact) mass is 638 g/mol. The number of furan rings is 2. The summed E-state index contributed by atoms with van der Waals surface area (Å²) in [6.07, 6.45) is 8.89. The van der Waals surface area contributed by atoms with Gasteiger partial charge in [-0.2, -0.15) is 0 Å². The van der Waals surface area contributed by atoms with Gasteiger partial charge in [0.25, 0.3) is 0 Å². The quantitative estimate of drug-likeness (QED) is 0.180. The summed E-state index contributed by atoms with van der Waals surface area (Å²) in [5.74, 6) is 0. The summed E-state index contributed by atoms with van der Waals surface area (Å²) in [6.45, 7) is 0. The van der Waals surface area contributed by atoms with Crippen molar-refractivity contribution >= 4 is 81.8 Å². The van der Waals surface area contributed by atoms with Crippen LogP contribution in [0.4, 0.5) is 0 Å². The van der Waals surface area contributed by atoms with Gasteiger partial charge in [0.15, 0.2) is 0 Å². The van der Waals surface area contributed by atoms with E-state index in [-0.39, 0.29) is 0 Å². The first kappa shape index (κ1) is 27.6. The zero-order valence-corrected chi connectivity index (χ0v) is 27.2. The largest absolute Gasteiger partial charge is 0.456 e. The van der Waals surface area contributed by atoms with E-state index in [4.69, 9.17) is 8.83 Å². The normalized spacial score (nSPS) is 13.5. The predicted molar refractivity (Wildman–Crippen MR) is 211 cm³/mol. The molecule has 2 aromatic heterocycles. The molecule has 2 nitrogen and oxygen atoms in total. The van der Waals surface area contributed by atoms with E-state index in [0.717, 1.165) is 56.7 Å². The van der Waals surface area contributed by atoms with Gasteiger partial charge < -0.3 is 8.83 Å². The number of rotatable bonds is 3. The summed E-state index contributed by atoms with van der Waals surface area (Å²) in [5, 5.41) is 11.9. The van der Waals surface area contributed by atoms with E-state index in [1.165, 1.54) is 65.7 Å². The van der Waals surface area contributed by atoms with Gasteiger partial charge in [-0.3, -0.25) is 0 Å². The number of allylic oxidation sites excluding steroid dienone is 4. The molecule has 0 N–H and O–H groups in total. The Morgan fingerprint density at radius 1 is 0.380 bits per heavy atom. The Morgan fingerprint density at radius 3 is 1.56 bits per heavy atom. The second-order valence-corrected chi connectivity index (χ2v) is 13.5. The minimum Gasteiger partial charge on any atom is -0.456 e. The molecule has 0 unspecified atom stereocenters. The molecule has 0 spiro atoms. The van der Waals surface area contributed by atoms with Gasteiger partial charge in [-0.1, -0.05) is 127 Å². The summed E-state index contributed by atoms with van der Waals surface area (Å²) in [7, 11) is 0. The molecule has 0 atom stereocenters. The molecule has 1 aliphatic carbocycles. The van der Waals surface area contributed by atoms with Gasteiger partial charge in [-0.15, -0.1) is 0 Å². The molecular formula is C48H30O2. The standard InChI is InChI=1S/C48H30O2/c1-2-12-29(13-3-1)31-23-24-39(33-15-5-4-14-32(31)33)48-37-19-8-6-17-35(37)47(36-18-7-9-20-38(36)48)30-22-25-44-40(26-30)42-28-45-41(27-46(42)50-44)34-16-10-11-21-43(34)49-45/h1-2,4-12,14-28H,3,13H2. The van der Waals surface area contributed by atoms with Crippen LogP contribution in [0.5, 0.6) is 0 Å². The Balaban J connectivity index is 1.18. The van der Waals surface area contributed by atoms with Crippen LogP contribution in [-0.2, 0) is 0 Å². The van der Waals surface area contributed by atoms with Crippen LogP contribution in [0.2, 0.25) is 0 Å². The summed E-state index contributed by atoms with van der Waals surface area (Å²) < 4.78 is 12.8. The number of para-hydroxylation sites is 1. The second kappa shape index (κ2) is 10.6. The van der Waals surface area contributed by atoms with Crippen molar-refractivity contribution in [3.63, 3.8) is 0 Å². The fourth-order valence-corrected chi connectivity index (χ4v) is 8.50. The summed E-state index contributed by atoms with van der Waals surface area (Å²) in [6, 6.07) is 50.6. The smallest absolute Gasteiger partial charge is 0.136 e. The van der Waals surface area contributed by atoms with E-state index < -0.39 is 0 Å². The van der Waals surface area contributed by atoms with E-state index in [9.17, 15) is 0 Å². The summed E-state index contributed by atoms with van der Waals surface area (Å²) in [4.78, 5) is 0. The highest BCUT2D eigenvalue weighted by Gasteiger charge is 2.21. The summed E-state index contributed by atoms with van der Waals surface area (Å²) >= 11 is 0. The van der Waals surface area contributed by atoms with Crippen LogP contribution in [-0.4, -0.2) is 0 Å². The maximum atomic E-state index is 6.47. The average Bonchev–Trinajstić information content (AvgIpc) is 3.73. The zero-order chi connectivity index (χ0) is 32.8. The van der Waals surface area contributed by atoms with E-state index >= 15 is 0 Å². The molecule has 234 valence electrons. The van der Waals surface area contributed by atoms with Crippen molar-refractivity contribution in [1.82, 2.24) is 0 Å². The Kier molecular flexibility index (Phi) is 5.82. The SMILES string of the molecule is C1=CCCC(c2ccc(-c3c4ccccc4c(-c4ccc5oc6cc7c(cc6c5c4)oc4ccccc47)c4ccccc34)c3ccccc23)=C1. The van der Waals surface area contributed by atoms with Gasteiger partial charge in [-0.25, -0.2) is 0 Å². The average molecular weight is 639 g/mol. The van der Waals surface area contributed by atoms with Crippen molar-refractivity contribution in [2.24, 2.45) is 0 Å². The number of hydrogen-bond donors (Lipinski definition) is 0. The van der Waals surface area contributed by atoms with Crippen LogP contribution in [0, 0.1) is 0 Å². The second-order valence-electron chi connectivity index (χ2n) is 13.5. The minimum atomic E-state index is 0.872. The molecule has 0 bridgehead atoms. The van der Waals surface area contributed by atoms with E-state index in [1.54, 1.807) is 0 Å². The highest BCUT2D eigenvalue weighted by molar-refractivity contribution is 6.25. The van der Waals surface area contributed by atoms with E-state index in [1.807, 2.05) is 12.1 Å². The molecule has 0 radical (unpaired) electrons. The first-order chi connectivity index (χ1) is 24.8. The van der Waals surface area contributed by atoms with Crippen molar-refractivity contribution < 1.29 is 8.83 Å². The third-order valence-corrected chi connectivity index (χ3v) is 10.7. The first-order valence-corrected chi connectivity index (χ1v) is 17.4. The molecule has 0 amide bonds. The molecule has 0 saturated carbocycles. The van der Waals surface area contributed by atoms with Crippen LogP contribution in [0.25, 0.3) is 104 Å². The molecule has 11 rings (SSSR count). The van der Waals surface area contributed by atoms with Crippen LogP contribution >= 0.6 is 0 Å². The van der Waals surface area contributed by atoms with Gasteiger partial charge in [0.05, 0.1) is 0 Å². The first-order valence-electron chi connectivity index (χ1n) is 17.4. The van der Waals surface area contributed by atoms with Gasteiger partial charge >= 0.3 is 0 Å². The maximum Gasteiger partial charge on any atom is 0.136 e. The van der Waals surface area contributed by atoms with Gasteiger partial charge in [0, 0.05) is 21.5 Å². The van der Waals surface area contributed by atoms with Crippen LogP contribution < -0.4 is 0 Å². The fourth-order valence-electron chi connectivity index (χ4n) is 8.50. The lowest BCUT2D eigenvalue weighted by Crippen LogP contribution is -1.94. The van der Waals surface area contributed by atoms with Crippen LogP contribution in [0.15, 0.2) is 167 Å². The van der Waals surface area contributed by atoms with Gasteiger partial charge in [-0.05, 0) is 109 Å². The predicted octanol–water partition coefficient (Wildman–Crippen LogP) is 14.0. The summed E-state index contributed by atoms with van der Waals surface area (Å²) in [5.41, 5.74) is 11.2. The molecule has 2 heteroatoms. The minimum absolute atomic E-state index is 0.872. The lowest BCUT2D eigenvalue weighted by molar-refractivity contribution is 0.664. The molecule has 0 aliphatic heterocycles. The topological polar surface area (TPSA) is 26.3 Å². The van der Waals surface area contributed by atoms with Crippen molar-refractivity contribution in [3.8, 4) is 22.3 Å². The number of hydrogen-bond acceptors (Lipinski definition) is 2. The van der Waals surface area contributed by atoms with E-state index in [2.05, 4.69) is 146 Å². The lowest BCUT2D eigenvalue weighted by Gasteiger charge is -2.20. The van der Waals surface area contributed by atoms with Crippen molar-refractivity contribution in [2.75, 3.05) is 0 Å². The molecule has 0 fully saturated rings. The molecule has 50 heavy (non-hydrogen) atoms. The third kappa shape index (κ3) is 3.96. The van der Waals surface area contributed by atoms with Crippen LogP contribution in [0.1, 0.15) is 18.4 Å². The van der Waals surface area contributed by atoms with Crippen molar-refractivity contribution in [1.29, 1.82) is 0 Å². The zero-order valence-electron chi connectivity index (χ0n) is 27.2. The lowest BCUT2D eigenvalue weighted by atomic mass is 9.83. The third-order valence-electron chi connectivity index (χ3n) is 10.7. The molecule has 1 aliphatic rings. The Bertz CT molecular complexity index is 3030. The van der Waals surface area contributed by atoms with Gasteiger partial charge in [0.1, 0.15) is 22.3 Å². The highest BCUT2D eigenvalue weighted by Crippen LogP contribution is 2.47. The number of benzene rings is 8. The molecule has 0 saturated heterocycles. The molecule has 2 heterocycles. The van der Waals surface area contributed by atoms with Gasteiger partial charge in [0.2, 0.25) is 0 Å². The fraction of sp³-hybridized carbons (Fsp3) is 0.0417. The van der Waals surface area contributed by atoms with E-state index in [0.29, 0.717) is 0 Å². The highest BCUT2D eigenvalue weighted by atomic mass is 16.3. The van der Waals surface area contributed by atoms with Crippen LogP contribution in [0.3, 0.4) is 0 Å². The molecule has 10 aromatic rings. The Morgan fingerprint density at radius 2 is 0.900 bits per heavy atom. The molecule has 8 aromatic carbocycles. The maximum absolute atomic E-state index is 6.47. The van der Waals surface area contributed by atoms with Crippen molar-refractivity contribution in [3.05, 3.63) is 163 Å². The van der Waals surface area contributed by atoms with Crippen molar-refractivity contribution in [2.45, 2.75) is 12.8 Å². The number of fused-ring (bicyclic) bond motifs is 9.